The van der Waals surface area contributed by atoms with Gasteiger partial charge in [0.1, 0.15) is 17.4 Å². The van der Waals surface area contributed by atoms with Crippen LogP contribution in [0.3, 0.4) is 0 Å². The van der Waals surface area contributed by atoms with Crippen LogP contribution >= 0.6 is 0 Å². The van der Waals surface area contributed by atoms with Gasteiger partial charge in [0.15, 0.2) is 11.3 Å². The van der Waals surface area contributed by atoms with Crippen molar-refractivity contribution in [3.8, 4) is 22.8 Å². The van der Waals surface area contributed by atoms with Crippen LogP contribution < -0.4 is 4.74 Å². The Hall–Kier alpha value is -4.01. The minimum absolute atomic E-state index is 0.347. The Morgan fingerprint density at radius 3 is 2.03 bits per heavy atom. The van der Waals surface area contributed by atoms with E-state index in [1.807, 2.05) is 18.2 Å². The number of para-hydroxylation sites is 2. The Kier molecular flexibility index (Phi) is 4.32. The van der Waals surface area contributed by atoms with E-state index in [0.717, 1.165) is 0 Å². The van der Waals surface area contributed by atoms with Crippen molar-refractivity contribution in [2.24, 2.45) is 0 Å². The molecule has 0 fully saturated rings. The monoisotopic (exact) mass is 424 g/mol. The van der Waals surface area contributed by atoms with E-state index in [-0.39, 0.29) is 5.75 Å². The Labute approximate surface area is 172 Å². The quantitative estimate of drug-likeness (QED) is 0.350. The Balaban J connectivity index is 1.73. The van der Waals surface area contributed by atoms with E-state index in [2.05, 4.69) is 19.7 Å². The summed E-state index contributed by atoms with van der Waals surface area (Å²) in [5.74, 6) is -0.322. The van der Waals surface area contributed by atoms with Gasteiger partial charge >= 0.3 is 6.36 Å². The molecule has 0 N–H and O–H groups in total. The lowest BCUT2D eigenvalue weighted by atomic mass is 10.2. The van der Waals surface area contributed by atoms with Crippen molar-refractivity contribution >= 4 is 22.3 Å². The van der Waals surface area contributed by atoms with Crippen molar-refractivity contribution in [3.63, 3.8) is 0 Å². The molecular formula is C22H12F4N4O. The molecule has 0 saturated heterocycles. The van der Waals surface area contributed by atoms with Crippen molar-refractivity contribution in [2.45, 2.75) is 6.36 Å². The molecule has 0 aliphatic heterocycles. The minimum atomic E-state index is -4.78. The Morgan fingerprint density at radius 2 is 1.39 bits per heavy atom. The molecule has 5 rings (SSSR count). The van der Waals surface area contributed by atoms with E-state index in [0.29, 0.717) is 39.4 Å². The largest absolute Gasteiger partial charge is 0.573 e. The first-order chi connectivity index (χ1) is 14.9. The van der Waals surface area contributed by atoms with Crippen LogP contribution in [0.5, 0.6) is 5.75 Å². The van der Waals surface area contributed by atoms with Crippen LogP contribution in [-0.4, -0.2) is 25.9 Å². The summed E-state index contributed by atoms with van der Waals surface area (Å²) in [7, 11) is 0. The average Bonchev–Trinajstić information content (AvgIpc) is 3.10. The van der Waals surface area contributed by atoms with Gasteiger partial charge in [-0.05, 0) is 60.7 Å². The molecule has 2 aromatic heterocycles. The fourth-order valence-electron chi connectivity index (χ4n) is 3.29. The lowest BCUT2D eigenvalue weighted by Gasteiger charge is -2.12. The lowest BCUT2D eigenvalue weighted by molar-refractivity contribution is -0.274. The number of alkyl halides is 3. The minimum Gasteiger partial charge on any atom is -0.406 e. The van der Waals surface area contributed by atoms with Gasteiger partial charge in [-0.15, -0.1) is 13.2 Å². The number of halogens is 4. The number of hydrogen-bond donors (Lipinski definition) is 0. The number of imidazole rings is 1. The van der Waals surface area contributed by atoms with E-state index in [1.54, 1.807) is 22.8 Å². The predicted molar refractivity (Wildman–Crippen MR) is 106 cm³/mol. The summed E-state index contributed by atoms with van der Waals surface area (Å²) in [5, 5.41) is 0. The second-order valence-corrected chi connectivity index (χ2v) is 6.68. The zero-order valence-corrected chi connectivity index (χ0v) is 15.6. The normalized spacial score (nSPS) is 11.9. The van der Waals surface area contributed by atoms with Gasteiger partial charge in [-0.2, -0.15) is 0 Å². The molecule has 3 aromatic carbocycles. The van der Waals surface area contributed by atoms with Gasteiger partial charge in [0, 0.05) is 11.3 Å². The Bertz CT molecular complexity index is 1390. The van der Waals surface area contributed by atoms with E-state index < -0.39 is 12.2 Å². The number of ether oxygens (including phenoxy) is 1. The summed E-state index contributed by atoms with van der Waals surface area (Å²) in [6, 6.07) is 18.3. The van der Waals surface area contributed by atoms with Crippen LogP contribution in [0.15, 0.2) is 72.8 Å². The molecule has 0 aliphatic carbocycles. The maximum absolute atomic E-state index is 13.4. The highest BCUT2D eigenvalue weighted by molar-refractivity contribution is 5.86. The van der Waals surface area contributed by atoms with Gasteiger partial charge < -0.3 is 4.74 Å². The fourth-order valence-corrected chi connectivity index (χ4v) is 3.29. The SMILES string of the molecule is Fc1ccc(-c2nc3nc4ccccc4nc3n2-c2ccc(OC(F)(F)F)cc2)cc1. The summed E-state index contributed by atoms with van der Waals surface area (Å²) >= 11 is 0. The van der Waals surface area contributed by atoms with Gasteiger partial charge in [0.2, 0.25) is 0 Å². The van der Waals surface area contributed by atoms with Crippen LogP contribution in [0.2, 0.25) is 0 Å². The number of nitrogens with zero attached hydrogens (tertiary/aromatic N) is 4. The molecule has 9 heteroatoms. The molecule has 154 valence electrons. The maximum atomic E-state index is 13.4. The van der Waals surface area contributed by atoms with E-state index in [9.17, 15) is 17.6 Å². The summed E-state index contributed by atoms with van der Waals surface area (Å²) in [6.45, 7) is 0. The molecule has 0 aliphatic rings. The highest BCUT2D eigenvalue weighted by Gasteiger charge is 2.31. The third-order valence-electron chi connectivity index (χ3n) is 4.60. The molecular weight excluding hydrogens is 412 g/mol. The van der Waals surface area contributed by atoms with Crippen LogP contribution in [0.4, 0.5) is 17.6 Å². The smallest absolute Gasteiger partial charge is 0.406 e. The van der Waals surface area contributed by atoms with Crippen LogP contribution in [0, 0.1) is 5.82 Å². The number of hydrogen-bond acceptors (Lipinski definition) is 4. The summed E-state index contributed by atoms with van der Waals surface area (Å²) in [4.78, 5) is 13.8. The van der Waals surface area contributed by atoms with E-state index in [1.165, 1.54) is 36.4 Å². The second kappa shape index (κ2) is 7.05. The Morgan fingerprint density at radius 1 is 0.742 bits per heavy atom. The van der Waals surface area contributed by atoms with Gasteiger partial charge in [0.05, 0.1) is 11.0 Å². The van der Waals surface area contributed by atoms with Crippen molar-refractivity contribution in [1.29, 1.82) is 0 Å². The number of rotatable bonds is 3. The summed E-state index contributed by atoms with van der Waals surface area (Å²) in [5.41, 5.74) is 3.16. The van der Waals surface area contributed by atoms with Gasteiger partial charge in [0.25, 0.3) is 0 Å². The number of aromatic nitrogens is 4. The first-order valence-electron chi connectivity index (χ1n) is 9.15. The molecule has 2 heterocycles. The molecule has 5 nitrogen and oxygen atoms in total. The highest BCUT2D eigenvalue weighted by Crippen LogP contribution is 2.30. The number of benzene rings is 3. The predicted octanol–water partition coefficient (Wildman–Crippen LogP) is 5.67. The van der Waals surface area contributed by atoms with Gasteiger partial charge in [-0.1, -0.05) is 12.1 Å². The van der Waals surface area contributed by atoms with Gasteiger partial charge in [-0.25, -0.2) is 19.3 Å². The van der Waals surface area contributed by atoms with Crippen LogP contribution in [0.1, 0.15) is 0 Å². The third-order valence-corrected chi connectivity index (χ3v) is 4.60. The molecule has 0 amide bonds. The maximum Gasteiger partial charge on any atom is 0.573 e. The first kappa shape index (κ1) is 19.0. The van der Waals surface area contributed by atoms with Crippen molar-refractivity contribution in [2.75, 3.05) is 0 Å². The number of fused-ring (bicyclic) bond motifs is 2. The molecule has 0 bridgehead atoms. The topological polar surface area (TPSA) is 52.8 Å². The van der Waals surface area contributed by atoms with E-state index >= 15 is 0 Å². The summed E-state index contributed by atoms with van der Waals surface area (Å²) < 4.78 is 56.6. The van der Waals surface area contributed by atoms with Crippen molar-refractivity contribution in [3.05, 3.63) is 78.6 Å². The first-order valence-corrected chi connectivity index (χ1v) is 9.15. The molecule has 5 aromatic rings. The van der Waals surface area contributed by atoms with Gasteiger partial charge in [-0.3, -0.25) is 4.57 Å². The van der Waals surface area contributed by atoms with Crippen molar-refractivity contribution in [1.82, 2.24) is 19.5 Å². The zero-order valence-electron chi connectivity index (χ0n) is 15.6. The molecule has 0 spiro atoms. The fraction of sp³-hybridized carbons (Fsp3) is 0.0455. The summed E-state index contributed by atoms with van der Waals surface area (Å²) in [6.07, 6.45) is -4.78. The molecule has 0 radical (unpaired) electrons. The standard InChI is InChI=1S/C22H12F4N4O/c23-14-7-5-13(6-8-14)20-29-19-21(28-18-4-2-1-3-17(18)27-19)30(20)15-9-11-16(12-10-15)31-22(24,25)26/h1-12H. The molecule has 0 saturated carbocycles. The molecule has 0 atom stereocenters. The zero-order chi connectivity index (χ0) is 21.6. The molecule has 31 heavy (non-hydrogen) atoms. The average molecular weight is 424 g/mol. The van der Waals surface area contributed by atoms with Crippen molar-refractivity contribution < 1.29 is 22.3 Å². The highest BCUT2D eigenvalue weighted by atomic mass is 19.4. The second-order valence-electron chi connectivity index (χ2n) is 6.68. The molecule has 0 unspecified atom stereocenters. The van der Waals surface area contributed by atoms with E-state index in [4.69, 9.17) is 0 Å². The van der Waals surface area contributed by atoms with Crippen LogP contribution in [0.25, 0.3) is 39.4 Å². The lowest BCUT2D eigenvalue weighted by Crippen LogP contribution is -2.17. The third kappa shape index (κ3) is 3.65. The van der Waals surface area contributed by atoms with Crippen LogP contribution in [-0.2, 0) is 0 Å².